The van der Waals surface area contributed by atoms with Gasteiger partial charge in [-0.15, -0.1) is 0 Å². The van der Waals surface area contributed by atoms with Crippen LogP contribution in [0.15, 0.2) is 0 Å². The fourth-order valence-corrected chi connectivity index (χ4v) is 2.61. The highest BCUT2D eigenvalue weighted by atomic mass is 15.1. The Bertz CT molecular complexity index is 152. The molecule has 2 N–H and O–H groups in total. The highest BCUT2D eigenvalue weighted by molar-refractivity contribution is 4.87. The summed E-state index contributed by atoms with van der Waals surface area (Å²) in [6, 6.07) is 1.56. The Labute approximate surface area is 81.5 Å². The van der Waals surface area contributed by atoms with Gasteiger partial charge >= 0.3 is 0 Å². The van der Waals surface area contributed by atoms with Crippen LogP contribution in [0.5, 0.6) is 0 Å². The van der Waals surface area contributed by atoms with E-state index >= 15 is 0 Å². The fourth-order valence-electron chi connectivity index (χ4n) is 2.61. The molecule has 1 aliphatic carbocycles. The zero-order valence-electron chi connectivity index (χ0n) is 8.68. The molecule has 2 nitrogen and oxygen atoms in total. The molecule has 13 heavy (non-hydrogen) atoms. The maximum Gasteiger partial charge on any atom is 0.0232 e. The molecule has 1 saturated carbocycles. The van der Waals surface area contributed by atoms with E-state index in [1.807, 2.05) is 0 Å². The van der Waals surface area contributed by atoms with E-state index in [0.717, 1.165) is 18.0 Å². The Balaban J connectivity index is 1.75. The first-order chi connectivity index (χ1) is 6.36. The molecule has 0 aromatic heterocycles. The van der Waals surface area contributed by atoms with Gasteiger partial charge in [-0.05, 0) is 25.3 Å². The highest BCUT2D eigenvalue weighted by Gasteiger charge is 2.25. The van der Waals surface area contributed by atoms with Crippen molar-refractivity contribution >= 4 is 0 Å². The number of hydrogen-bond donors (Lipinski definition) is 2. The summed E-state index contributed by atoms with van der Waals surface area (Å²) in [7, 11) is 0. The van der Waals surface area contributed by atoms with Crippen LogP contribution in [-0.4, -0.2) is 25.2 Å². The van der Waals surface area contributed by atoms with Crippen LogP contribution in [-0.2, 0) is 0 Å². The van der Waals surface area contributed by atoms with E-state index in [2.05, 4.69) is 17.6 Å². The van der Waals surface area contributed by atoms with Crippen molar-refractivity contribution in [1.82, 2.24) is 10.6 Å². The van der Waals surface area contributed by atoms with E-state index in [-0.39, 0.29) is 0 Å². The molecule has 1 aliphatic heterocycles. The maximum absolute atomic E-state index is 3.81. The van der Waals surface area contributed by atoms with E-state index in [4.69, 9.17) is 0 Å². The summed E-state index contributed by atoms with van der Waals surface area (Å²) in [5.74, 6) is 0.821. The average Bonchev–Trinajstić information content (AvgIpc) is 2.54. The summed E-state index contributed by atoms with van der Waals surface area (Å²) in [5, 5.41) is 7.25. The average molecular weight is 182 g/mol. The largest absolute Gasteiger partial charge is 0.315 e. The minimum absolute atomic E-state index is 0.739. The normalized spacial score (nSPS) is 36.7. The SMILES string of the molecule is CC1CNCC1NC1CCCCC1. The lowest BCUT2D eigenvalue weighted by atomic mass is 9.94. The van der Waals surface area contributed by atoms with E-state index in [0.29, 0.717) is 0 Å². The third kappa shape index (κ3) is 2.44. The Hall–Kier alpha value is -0.0800. The van der Waals surface area contributed by atoms with Crippen LogP contribution in [0.2, 0.25) is 0 Å². The summed E-state index contributed by atoms with van der Waals surface area (Å²) in [6.07, 6.45) is 7.14. The van der Waals surface area contributed by atoms with Crippen molar-refractivity contribution in [2.45, 2.75) is 51.1 Å². The van der Waals surface area contributed by atoms with E-state index in [1.54, 1.807) is 0 Å². The second-order valence-corrected chi connectivity index (χ2v) is 4.74. The summed E-state index contributed by atoms with van der Waals surface area (Å²) in [5.41, 5.74) is 0. The zero-order valence-corrected chi connectivity index (χ0v) is 8.68. The maximum atomic E-state index is 3.81. The van der Waals surface area contributed by atoms with Gasteiger partial charge in [0.25, 0.3) is 0 Å². The molecule has 1 saturated heterocycles. The summed E-state index contributed by atoms with van der Waals surface area (Å²) >= 11 is 0. The lowest BCUT2D eigenvalue weighted by molar-refractivity contribution is 0.319. The molecule has 0 aromatic rings. The summed E-state index contributed by atoms with van der Waals surface area (Å²) in [6.45, 7) is 4.72. The van der Waals surface area contributed by atoms with Crippen LogP contribution in [0.4, 0.5) is 0 Å². The van der Waals surface area contributed by atoms with E-state index in [1.165, 1.54) is 45.2 Å². The van der Waals surface area contributed by atoms with Crippen LogP contribution in [0.3, 0.4) is 0 Å². The molecule has 2 rings (SSSR count). The number of rotatable bonds is 2. The topological polar surface area (TPSA) is 24.1 Å². The van der Waals surface area contributed by atoms with Gasteiger partial charge in [0.15, 0.2) is 0 Å². The van der Waals surface area contributed by atoms with Crippen LogP contribution >= 0.6 is 0 Å². The van der Waals surface area contributed by atoms with Gasteiger partial charge < -0.3 is 10.6 Å². The van der Waals surface area contributed by atoms with E-state index in [9.17, 15) is 0 Å². The minimum atomic E-state index is 0.739. The highest BCUT2D eigenvalue weighted by Crippen LogP contribution is 2.19. The first-order valence-corrected chi connectivity index (χ1v) is 5.83. The quantitative estimate of drug-likeness (QED) is 0.676. The molecular formula is C11H22N2. The molecule has 1 heterocycles. The molecule has 2 fully saturated rings. The lowest BCUT2D eigenvalue weighted by Crippen LogP contribution is -2.43. The van der Waals surface area contributed by atoms with Crippen molar-refractivity contribution in [3.8, 4) is 0 Å². The first-order valence-electron chi connectivity index (χ1n) is 5.83. The van der Waals surface area contributed by atoms with Gasteiger partial charge in [-0.1, -0.05) is 26.2 Å². The van der Waals surface area contributed by atoms with E-state index < -0.39 is 0 Å². The molecular weight excluding hydrogens is 160 g/mol. The predicted octanol–water partition coefficient (Wildman–Crippen LogP) is 1.52. The van der Waals surface area contributed by atoms with Crippen LogP contribution in [0.1, 0.15) is 39.0 Å². The van der Waals surface area contributed by atoms with Crippen molar-refractivity contribution in [3.63, 3.8) is 0 Å². The zero-order chi connectivity index (χ0) is 9.10. The molecule has 0 bridgehead atoms. The Kier molecular flexibility index (Phi) is 3.23. The third-order valence-corrected chi connectivity index (χ3v) is 3.57. The number of hydrogen-bond acceptors (Lipinski definition) is 2. The smallest absolute Gasteiger partial charge is 0.0232 e. The van der Waals surface area contributed by atoms with Crippen molar-refractivity contribution in [2.24, 2.45) is 5.92 Å². The van der Waals surface area contributed by atoms with Crippen LogP contribution in [0, 0.1) is 5.92 Å². The van der Waals surface area contributed by atoms with Gasteiger partial charge in [0.05, 0.1) is 0 Å². The van der Waals surface area contributed by atoms with Gasteiger partial charge in [-0.3, -0.25) is 0 Å². The van der Waals surface area contributed by atoms with Crippen molar-refractivity contribution in [3.05, 3.63) is 0 Å². The summed E-state index contributed by atoms with van der Waals surface area (Å²) < 4.78 is 0. The molecule has 2 aliphatic rings. The molecule has 0 radical (unpaired) electrons. The molecule has 0 amide bonds. The van der Waals surface area contributed by atoms with Crippen molar-refractivity contribution < 1.29 is 0 Å². The molecule has 0 aromatic carbocycles. The van der Waals surface area contributed by atoms with Gasteiger partial charge in [-0.2, -0.15) is 0 Å². The second kappa shape index (κ2) is 4.43. The van der Waals surface area contributed by atoms with Crippen LogP contribution < -0.4 is 10.6 Å². The van der Waals surface area contributed by atoms with Gasteiger partial charge in [0.1, 0.15) is 0 Å². The standard InChI is InChI=1S/C11H22N2/c1-9-7-12-8-11(9)13-10-5-3-2-4-6-10/h9-13H,2-8H2,1H3. The van der Waals surface area contributed by atoms with Gasteiger partial charge in [0.2, 0.25) is 0 Å². The molecule has 76 valence electrons. The van der Waals surface area contributed by atoms with Gasteiger partial charge in [-0.25, -0.2) is 0 Å². The minimum Gasteiger partial charge on any atom is -0.315 e. The Morgan fingerprint density at radius 2 is 1.85 bits per heavy atom. The monoisotopic (exact) mass is 182 g/mol. The molecule has 2 unspecified atom stereocenters. The first kappa shape index (κ1) is 9.47. The third-order valence-electron chi connectivity index (χ3n) is 3.57. The Morgan fingerprint density at radius 1 is 1.08 bits per heavy atom. The molecule has 0 spiro atoms. The van der Waals surface area contributed by atoms with Gasteiger partial charge in [0, 0.05) is 18.6 Å². The van der Waals surface area contributed by atoms with Crippen LogP contribution in [0.25, 0.3) is 0 Å². The molecule has 2 atom stereocenters. The van der Waals surface area contributed by atoms with Crippen molar-refractivity contribution in [1.29, 1.82) is 0 Å². The second-order valence-electron chi connectivity index (χ2n) is 4.74. The Morgan fingerprint density at radius 3 is 2.46 bits per heavy atom. The van der Waals surface area contributed by atoms with Crippen molar-refractivity contribution in [2.75, 3.05) is 13.1 Å². The number of nitrogens with one attached hydrogen (secondary N) is 2. The predicted molar refractivity (Wildman–Crippen MR) is 55.8 cm³/mol. The lowest BCUT2D eigenvalue weighted by Gasteiger charge is -2.27. The summed E-state index contributed by atoms with van der Waals surface area (Å²) in [4.78, 5) is 0. The molecule has 2 heteroatoms. The fraction of sp³-hybridized carbons (Fsp3) is 1.00.